The lowest BCUT2D eigenvalue weighted by Crippen LogP contribution is -2.33. The number of aryl methyl sites for hydroxylation is 1. The minimum Gasteiger partial charge on any atom is -0.370 e. The number of ether oxygens (including phenoxy) is 1. The van der Waals surface area contributed by atoms with Crippen LogP contribution in [0, 0.1) is 0 Å². The zero-order valence-corrected chi connectivity index (χ0v) is 16.0. The Balaban J connectivity index is 1.88. The van der Waals surface area contributed by atoms with Crippen molar-refractivity contribution in [2.45, 2.75) is 45.3 Å². The van der Waals surface area contributed by atoms with Crippen LogP contribution in [-0.4, -0.2) is 38.7 Å². The number of nitrogens with zero attached hydrogens (tertiary/aromatic N) is 5. The maximum Gasteiger partial charge on any atom is 0.287 e. The first-order chi connectivity index (χ1) is 12.4. The maximum absolute atomic E-state index is 12.5. The van der Waals surface area contributed by atoms with Gasteiger partial charge in [-0.25, -0.2) is 9.67 Å². The van der Waals surface area contributed by atoms with Gasteiger partial charge in [-0.15, -0.1) is 16.4 Å². The molecular weight excluding hydrogens is 350 g/mol. The molecule has 7 nitrogen and oxygen atoms in total. The van der Waals surface area contributed by atoms with E-state index in [1.54, 1.807) is 7.05 Å². The Morgan fingerprint density at radius 3 is 2.73 bits per heavy atom. The normalized spacial score (nSPS) is 19.4. The molecule has 3 aromatic heterocycles. The third-order valence-corrected chi connectivity index (χ3v) is 6.45. The molecule has 5 rings (SSSR count). The molecule has 0 saturated carbocycles. The van der Waals surface area contributed by atoms with Crippen molar-refractivity contribution < 1.29 is 4.74 Å². The molecule has 0 unspecified atom stereocenters. The lowest BCUT2D eigenvalue weighted by atomic mass is 9.90. The summed E-state index contributed by atoms with van der Waals surface area (Å²) in [6, 6.07) is 0. The highest BCUT2D eigenvalue weighted by molar-refractivity contribution is 7.25. The minimum absolute atomic E-state index is 0.110. The van der Waals surface area contributed by atoms with Gasteiger partial charge >= 0.3 is 0 Å². The van der Waals surface area contributed by atoms with Gasteiger partial charge in [0.2, 0.25) is 0 Å². The summed E-state index contributed by atoms with van der Waals surface area (Å²) in [4.78, 5) is 20.8. The summed E-state index contributed by atoms with van der Waals surface area (Å²) in [6.45, 7) is 6.82. The van der Waals surface area contributed by atoms with Gasteiger partial charge in [0.1, 0.15) is 20.9 Å². The van der Waals surface area contributed by atoms with Gasteiger partial charge in [-0.3, -0.25) is 4.79 Å². The van der Waals surface area contributed by atoms with E-state index in [2.05, 4.69) is 29.1 Å². The summed E-state index contributed by atoms with van der Waals surface area (Å²) in [5.41, 5.74) is 2.71. The van der Waals surface area contributed by atoms with E-state index in [4.69, 9.17) is 9.72 Å². The van der Waals surface area contributed by atoms with Gasteiger partial charge in [0.25, 0.3) is 5.56 Å². The fraction of sp³-hybridized carbons (Fsp3) is 0.556. The summed E-state index contributed by atoms with van der Waals surface area (Å²) in [7, 11) is 1.63. The topological polar surface area (TPSA) is 73.1 Å². The summed E-state index contributed by atoms with van der Waals surface area (Å²) >= 11 is 1.43. The molecule has 0 spiro atoms. The zero-order valence-electron chi connectivity index (χ0n) is 15.2. The largest absolute Gasteiger partial charge is 0.370 e. The molecule has 8 heteroatoms. The van der Waals surface area contributed by atoms with Crippen LogP contribution in [0.4, 0.5) is 5.82 Å². The van der Waals surface area contributed by atoms with E-state index in [1.165, 1.54) is 34.4 Å². The van der Waals surface area contributed by atoms with Crippen molar-refractivity contribution in [1.29, 1.82) is 0 Å². The smallest absolute Gasteiger partial charge is 0.287 e. The van der Waals surface area contributed by atoms with Crippen molar-refractivity contribution in [2.75, 3.05) is 18.0 Å². The predicted octanol–water partition coefficient (Wildman–Crippen LogP) is 2.39. The Labute approximate surface area is 154 Å². The van der Waals surface area contributed by atoms with Crippen molar-refractivity contribution in [1.82, 2.24) is 20.0 Å². The quantitative estimate of drug-likeness (QED) is 0.654. The van der Waals surface area contributed by atoms with E-state index >= 15 is 0 Å². The Morgan fingerprint density at radius 1 is 1.19 bits per heavy atom. The lowest BCUT2D eigenvalue weighted by Gasteiger charge is -2.34. The first-order valence-electron chi connectivity index (χ1n) is 9.01. The monoisotopic (exact) mass is 371 g/mol. The van der Waals surface area contributed by atoms with Crippen LogP contribution in [0.2, 0.25) is 0 Å². The first kappa shape index (κ1) is 16.1. The highest BCUT2D eigenvalue weighted by Crippen LogP contribution is 2.42. The molecule has 0 bridgehead atoms. The van der Waals surface area contributed by atoms with Crippen LogP contribution in [0.5, 0.6) is 0 Å². The molecule has 1 saturated heterocycles. The molecule has 136 valence electrons. The van der Waals surface area contributed by atoms with Gasteiger partial charge in [0, 0.05) is 37.5 Å². The van der Waals surface area contributed by atoms with E-state index in [0.717, 1.165) is 41.1 Å². The third kappa shape index (κ3) is 2.28. The summed E-state index contributed by atoms with van der Waals surface area (Å²) in [5, 5.41) is 9.34. The lowest BCUT2D eigenvalue weighted by molar-refractivity contribution is -0.0395. The molecule has 5 heterocycles. The average Bonchev–Trinajstić information content (AvgIpc) is 3.24. The molecule has 0 aliphatic carbocycles. The third-order valence-electron chi connectivity index (χ3n) is 5.39. The average molecular weight is 371 g/mol. The van der Waals surface area contributed by atoms with Crippen LogP contribution in [0.1, 0.15) is 37.8 Å². The number of aromatic nitrogens is 4. The molecule has 3 aromatic rings. The van der Waals surface area contributed by atoms with E-state index in [-0.39, 0.29) is 11.2 Å². The second kappa shape index (κ2) is 5.47. The molecule has 0 N–H and O–H groups in total. The Kier molecular flexibility index (Phi) is 3.39. The Morgan fingerprint density at radius 2 is 1.96 bits per heavy atom. The van der Waals surface area contributed by atoms with E-state index in [1.807, 2.05) is 0 Å². The number of rotatable bonds is 1. The van der Waals surface area contributed by atoms with E-state index < -0.39 is 0 Å². The van der Waals surface area contributed by atoms with Crippen molar-refractivity contribution in [3.63, 3.8) is 0 Å². The second-order valence-corrected chi connectivity index (χ2v) is 8.79. The van der Waals surface area contributed by atoms with Gasteiger partial charge in [0.05, 0.1) is 12.2 Å². The first-order valence-corrected chi connectivity index (χ1v) is 9.83. The maximum atomic E-state index is 12.5. The molecule has 0 radical (unpaired) electrons. The van der Waals surface area contributed by atoms with Crippen molar-refractivity contribution in [3.8, 4) is 0 Å². The number of hydrogen-bond acceptors (Lipinski definition) is 7. The summed E-state index contributed by atoms with van der Waals surface area (Å²) in [6.07, 6.45) is 3.17. The highest BCUT2D eigenvalue weighted by atomic mass is 32.1. The van der Waals surface area contributed by atoms with Crippen LogP contribution in [-0.2, 0) is 24.8 Å². The zero-order chi connectivity index (χ0) is 18.1. The number of thiophene rings is 1. The van der Waals surface area contributed by atoms with Crippen LogP contribution < -0.4 is 10.5 Å². The number of hydrogen-bond donors (Lipinski definition) is 0. The summed E-state index contributed by atoms with van der Waals surface area (Å²) in [5.74, 6) is 1.02. The molecule has 1 fully saturated rings. The second-order valence-electron chi connectivity index (χ2n) is 7.79. The van der Waals surface area contributed by atoms with Crippen LogP contribution in [0.3, 0.4) is 0 Å². The van der Waals surface area contributed by atoms with Crippen molar-refractivity contribution >= 4 is 37.6 Å². The van der Waals surface area contributed by atoms with Crippen molar-refractivity contribution in [3.05, 3.63) is 21.5 Å². The molecule has 2 aliphatic heterocycles. The molecule has 26 heavy (non-hydrogen) atoms. The standard InChI is InChI=1S/C18H21N5O2S/c1-18(2)8-10-11(9-25-18)15(23-6-4-5-7-23)19-16-12(10)13-14(26-16)17(24)22(3)21-20-13/h4-9H2,1-3H3. The predicted molar refractivity (Wildman–Crippen MR) is 102 cm³/mol. The van der Waals surface area contributed by atoms with Crippen molar-refractivity contribution in [2.24, 2.45) is 7.05 Å². The highest BCUT2D eigenvalue weighted by Gasteiger charge is 2.33. The van der Waals surface area contributed by atoms with Gasteiger partial charge in [0.15, 0.2) is 0 Å². The van der Waals surface area contributed by atoms with E-state index in [0.29, 0.717) is 16.8 Å². The molecule has 0 atom stereocenters. The SMILES string of the molecule is Cn1nnc2c(sc3nc(N4CCCC4)c4c(c32)CC(C)(C)OC4)c1=O. The van der Waals surface area contributed by atoms with Crippen LogP contribution >= 0.6 is 11.3 Å². The number of anilines is 1. The number of pyridine rings is 1. The number of fused-ring (bicyclic) bond motifs is 5. The fourth-order valence-electron chi connectivity index (χ4n) is 4.03. The van der Waals surface area contributed by atoms with Gasteiger partial charge in [-0.2, -0.15) is 0 Å². The minimum atomic E-state index is -0.245. The fourth-order valence-corrected chi connectivity index (χ4v) is 5.14. The Bertz CT molecular complexity index is 1090. The molecule has 2 aliphatic rings. The van der Waals surface area contributed by atoms with Crippen LogP contribution in [0.15, 0.2) is 4.79 Å². The van der Waals surface area contributed by atoms with Gasteiger partial charge < -0.3 is 9.64 Å². The van der Waals surface area contributed by atoms with Gasteiger partial charge in [-0.05, 0) is 32.3 Å². The molecular formula is C18H21N5O2S. The van der Waals surface area contributed by atoms with Crippen LogP contribution in [0.25, 0.3) is 20.4 Å². The Hall–Kier alpha value is -2.06. The molecule has 0 aromatic carbocycles. The molecule has 0 amide bonds. The van der Waals surface area contributed by atoms with Gasteiger partial charge in [-0.1, -0.05) is 5.21 Å². The van der Waals surface area contributed by atoms with E-state index in [9.17, 15) is 4.79 Å². The summed E-state index contributed by atoms with van der Waals surface area (Å²) < 4.78 is 8.03.